The molecule has 0 bridgehead atoms. The van der Waals surface area contributed by atoms with Gasteiger partial charge in [0.1, 0.15) is 0 Å². The van der Waals surface area contributed by atoms with Crippen LogP contribution in [0.15, 0.2) is 0 Å². The number of aliphatic hydroxyl groups excluding tert-OH is 1. The normalized spacial score (nSPS) is 53.9. The standard InChI is InChI=1S/C20H36O2/c1-16(2)8-6-9-19(5)15(16)7-10-17(3)13-18(4,22)14-20(17,19)11-12-21/h15,21-22H,6-14H2,1-5H3/t15-,17-,18+,19-,20+/m0/s1. The number of hydrogen-bond donors (Lipinski definition) is 2. The third-order valence-corrected chi connectivity index (χ3v) is 8.46. The maximum Gasteiger partial charge on any atom is 0.0630 e. The smallest absolute Gasteiger partial charge is 0.0630 e. The van der Waals surface area contributed by atoms with Crippen LogP contribution in [0.3, 0.4) is 0 Å². The number of fused-ring (bicyclic) bond motifs is 3. The zero-order chi connectivity index (χ0) is 16.4. The van der Waals surface area contributed by atoms with Crippen LogP contribution >= 0.6 is 0 Å². The molecule has 0 saturated heterocycles. The molecule has 0 unspecified atom stereocenters. The predicted molar refractivity (Wildman–Crippen MR) is 90.6 cm³/mol. The Morgan fingerprint density at radius 3 is 2.27 bits per heavy atom. The van der Waals surface area contributed by atoms with Crippen LogP contribution in [0, 0.1) is 27.6 Å². The monoisotopic (exact) mass is 308 g/mol. The van der Waals surface area contributed by atoms with E-state index in [4.69, 9.17) is 0 Å². The van der Waals surface area contributed by atoms with Gasteiger partial charge in [0.05, 0.1) is 5.60 Å². The summed E-state index contributed by atoms with van der Waals surface area (Å²) in [4.78, 5) is 0. The zero-order valence-corrected chi connectivity index (χ0v) is 15.3. The van der Waals surface area contributed by atoms with Crippen LogP contribution in [0.4, 0.5) is 0 Å². The molecular formula is C20H36O2. The maximum absolute atomic E-state index is 10.9. The molecule has 0 heterocycles. The minimum atomic E-state index is -0.566. The van der Waals surface area contributed by atoms with Crippen molar-refractivity contribution in [1.29, 1.82) is 0 Å². The lowest BCUT2D eigenvalue weighted by Gasteiger charge is -2.67. The fourth-order valence-corrected chi connectivity index (χ4v) is 7.89. The van der Waals surface area contributed by atoms with Crippen LogP contribution in [0.5, 0.6) is 0 Å². The Bertz CT molecular complexity index is 455. The molecule has 3 aliphatic rings. The van der Waals surface area contributed by atoms with Crippen LogP contribution < -0.4 is 0 Å². The average molecular weight is 309 g/mol. The van der Waals surface area contributed by atoms with E-state index in [-0.39, 0.29) is 22.9 Å². The lowest BCUT2D eigenvalue weighted by atomic mass is 9.37. The summed E-state index contributed by atoms with van der Waals surface area (Å²) in [6.07, 6.45) is 9.05. The van der Waals surface area contributed by atoms with Crippen LogP contribution in [0.2, 0.25) is 0 Å². The topological polar surface area (TPSA) is 40.5 Å². The van der Waals surface area contributed by atoms with E-state index in [1.54, 1.807) is 0 Å². The summed E-state index contributed by atoms with van der Waals surface area (Å²) < 4.78 is 0. The van der Waals surface area contributed by atoms with Gasteiger partial charge in [-0.3, -0.25) is 0 Å². The fraction of sp³-hybridized carbons (Fsp3) is 1.00. The molecular weight excluding hydrogens is 272 g/mol. The van der Waals surface area contributed by atoms with E-state index >= 15 is 0 Å². The van der Waals surface area contributed by atoms with Crippen LogP contribution in [-0.4, -0.2) is 22.4 Å². The summed E-state index contributed by atoms with van der Waals surface area (Å²) in [6.45, 7) is 12.1. The maximum atomic E-state index is 10.9. The van der Waals surface area contributed by atoms with Crippen LogP contribution in [0.25, 0.3) is 0 Å². The molecule has 3 aliphatic carbocycles. The molecule has 0 aliphatic heterocycles. The van der Waals surface area contributed by atoms with Gasteiger partial charge in [-0.05, 0) is 79.4 Å². The van der Waals surface area contributed by atoms with E-state index in [1.165, 1.54) is 32.1 Å². The second-order valence-corrected chi connectivity index (χ2v) is 10.3. The van der Waals surface area contributed by atoms with Gasteiger partial charge in [0.2, 0.25) is 0 Å². The van der Waals surface area contributed by atoms with Crippen molar-refractivity contribution in [3.63, 3.8) is 0 Å². The number of hydrogen-bond acceptors (Lipinski definition) is 2. The molecule has 0 amide bonds. The van der Waals surface area contributed by atoms with Crippen molar-refractivity contribution in [1.82, 2.24) is 0 Å². The highest BCUT2D eigenvalue weighted by Crippen LogP contribution is 2.76. The molecule has 0 aromatic heterocycles. The van der Waals surface area contributed by atoms with Crippen molar-refractivity contribution < 1.29 is 10.2 Å². The van der Waals surface area contributed by atoms with Gasteiger partial charge in [-0.2, -0.15) is 0 Å². The van der Waals surface area contributed by atoms with Crippen molar-refractivity contribution in [2.75, 3.05) is 6.61 Å². The lowest BCUT2D eigenvalue weighted by molar-refractivity contribution is -0.190. The molecule has 0 aromatic rings. The van der Waals surface area contributed by atoms with E-state index in [9.17, 15) is 10.2 Å². The summed E-state index contributed by atoms with van der Waals surface area (Å²) in [7, 11) is 0. The first-order valence-electron chi connectivity index (χ1n) is 9.35. The first-order chi connectivity index (χ1) is 10.0. The summed E-state index contributed by atoms with van der Waals surface area (Å²) >= 11 is 0. The first-order valence-corrected chi connectivity index (χ1v) is 9.35. The minimum Gasteiger partial charge on any atom is -0.396 e. The van der Waals surface area contributed by atoms with Gasteiger partial charge in [0.15, 0.2) is 0 Å². The molecule has 2 N–H and O–H groups in total. The molecule has 5 atom stereocenters. The SMILES string of the molecule is CC1(C)CCC[C@@]2(C)[C@H]1CC[C@@]1(C)C[C@@](C)(O)C[C@]12CCO. The predicted octanol–water partition coefficient (Wildman–Crippen LogP) is 4.53. The Labute approximate surface area is 136 Å². The molecule has 2 nitrogen and oxygen atoms in total. The second kappa shape index (κ2) is 4.72. The van der Waals surface area contributed by atoms with Gasteiger partial charge in [-0.1, -0.05) is 34.1 Å². The Morgan fingerprint density at radius 1 is 0.955 bits per heavy atom. The van der Waals surface area contributed by atoms with Gasteiger partial charge >= 0.3 is 0 Å². The number of rotatable bonds is 2. The average Bonchev–Trinajstić information content (AvgIpc) is 2.56. The number of aliphatic hydroxyl groups is 2. The molecule has 3 saturated carbocycles. The molecule has 0 spiro atoms. The van der Waals surface area contributed by atoms with E-state index in [2.05, 4.69) is 27.7 Å². The lowest BCUT2D eigenvalue weighted by Crippen LogP contribution is -2.60. The van der Waals surface area contributed by atoms with Crippen LogP contribution in [0.1, 0.15) is 86.0 Å². The third-order valence-electron chi connectivity index (χ3n) is 8.46. The van der Waals surface area contributed by atoms with Gasteiger partial charge < -0.3 is 10.2 Å². The Balaban J connectivity index is 2.13. The Hall–Kier alpha value is -0.0800. The summed E-state index contributed by atoms with van der Waals surface area (Å²) in [5.41, 5.74) is 0.358. The fourth-order valence-electron chi connectivity index (χ4n) is 7.89. The van der Waals surface area contributed by atoms with Gasteiger partial charge in [-0.25, -0.2) is 0 Å². The van der Waals surface area contributed by atoms with Gasteiger partial charge in [0, 0.05) is 6.61 Å². The van der Waals surface area contributed by atoms with Gasteiger partial charge in [-0.15, -0.1) is 0 Å². The van der Waals surface area contributed by atoms with E-state index in [1.807, 2.05) is 6.92 Å². The zero-order valence-electron chi connectivity index (χ0n) is 15.3. The van der Waals surface area contributed by atoms with E-state index in [0.29, 0.717) is 5.41 Å². The van der Waals surface area contributed by atoms with Gasteiger partial charge in [0.25, 0.3) is 0 Å². The van der Waals surface area contributed by atoms with Crippen molar-refractivity contribution in [3.8, 4) is 0 Å². The van der Waals surface area contributed by atoms with Crippen molar-refractivity contribution in [2.45, 2.75) is 91.6 Å². The highest BCUT2D eigenvalue weighted by Gasteiger charge is 2.70. The van der Waals surface area contributed by atoms with Crippen molar-refractivity contribution in [2.24, 2.45) is 27.6 Å². The Kier molecular flexibility index (Phi) is 3.60. The third kappa shape index (κ3) is 1.99. The molecule has 22 heavy (non-hydrogen) atoms. The molecule has 3 fully saturated rings. The van der Waals surface area contributed by atoms with Crippen LogP contribution in [-0.2, 0) is 0 Å². The quantitative estimate of drug-likeness (QED) is 0.786. The summed E-state index contributed by atoms with van der Waals surface area (Å²) in [6, 6.07) is 0. The molecule has 2 heteroatoms. The Morgan fingerprint density at radius 2 is 1.64 bits per heavy atom. The van der Waals surface area contributed by atoms with Crippen molar-refractivity contribution >= 4 is 0 Å². The highest BCUT2D eigenvalue weighted by molar-refractivity contribution is 5.20. The highest BCUT2D eigenvalue weighted by atomic mass is 16.3. The van der Waals surface area contributed by atoms with E-state index < -0.39 is 5.60 Å². The minimum absolute atomic E-state index is 0.0961. The largest absolute Gasteiger partial charge is 0.396 e. The van der Waals surface area contributed by atoms with E-state index in [0.717, 1.165) is 25.2 Å². The second-order valence-electron chi connectivity index (χ2n) is 10.3. The summed E-state index contributed by atoms with van der Waals surface area (Å²) in [5, 5.41) is 20.8. The van der Waals surface area contributed by atoms with Crippen molar-refractivity contribution in [3.05, 3.63) is 0 Å². The molecule has 0 radical (unpaired) electrons. The molecule has 128 valence electrons. The summed E-state index contributed by atoms with van der Waals surface area (Å²) in [5.74, 6) is 0.724. The molecule has 3 rings (SSSR count). The first kappa shape index (κ1) is 16.8. The molecule has 0 aromatic carbocycles.